The van der Waals surface area contributed by atoms with Crippen LogP contribution >= 0.6 is 0 Å². The van der Waals surface area contributed by atoms with E-state index in [-0.39, 0.29) is 11.9 Å². The van der Waals surface area contributed by atoms with Crippen LogP contribution in [0, 0.1) is 0 Å². The van der Waals surface area contributed by atoms with Crippen molar-refractivity contribution in [1.82, 2.24) is 19.9 Å². The Morgan fingerprint density at radius 2 is 2.47 bits per heavy atom. The highest BCUT2D eigenvalue weighted by atomic mass is 16.1. The Kier molecular flexibility index (Phi) is 2.21. The Balaban J connectivity index is 1.94. The number of pyridine rings is 1. The molecular weight excluding hydrogens is 218 g/mol. The molecule has 0 aromatic carbocycles. The molecule has 2 aromatic heterocycles. The Morgan fingerprint density at radius 3 is 3.24 bits per heavy atom. The highest BCUT2D eigenvalue weighted by molar-refractivity contribution is 5.79. The Hall–Kier alpha value is -2.11. The summed E-state index contributed by atoms with van der Waals surface area (Å²) in [6.07, 6.45) is 4.85. The lowest BCUT2D eigenvalue weighted by Gasteiger charge is -2.12. The number of rotatable bonds is 2. The van der Waals surface area contributed by atoms with Gasteiger partial charge in [-0.05, 0) is 12.5 Å². The van der Waals surface area contributed by atoms with Crippen LogP contribution in [-0.2, 0) is 11.3 Å². The summed E-state index contributed by atoms with van der Waals surface area (Å²) in [4.78, 5) is 19.4. The summed E-state index contributed by atoms with van der Waals surface area (Å²) in [7, 11) is 0. The minimum atomic E-state index is 0.111. The lowest BCUT2D eigenvalue weighted by molar-refractivity contribution is -0.119. The number of nitrogens with zero attached hydrogens (tertiary/aromatic N) is 3. The summed E-state index contributed by atoms with van der Waals surface area (Å²) in [6, 6.07) is 2.03. The average Bonchev–Trinajstić information content (AvgIpc) is 2.85. The lowest BCUT2D eigenvalue weighted by Crippen LogP contribution is -2.29. The number of imidazole rings is 1. The van der Waals surface area contributed by atoms with Crippen molar-refractivity contribution in [3.8, 4) is 0 Å². The van der Waals surface area contributed by atoms with Gasteiger partial charge >= 0.3 is 0 Å². The lowest BCUT2D eigenvalue weighted by atomic mass is 10.2. The molecule has 1 aliphatic heterocycles. The number of hydrogen-bond acceptors (Lipinski definition) is 4. The van der Waals surface area contributed by atoms with Gasteiger partial charge in [0.25, 0.3) is 0 Å². The maximum absolute atomic E-state index is 11.2. The Morgan fingerprint density at radius 1 is 1.59 bits per heavy atom. The predicted octanol–water partition coefficient (Wildman–Crippen LogP) is 0.292. The van der Waals surface area contributed by atoms with Gasteiger partial charge in [-0.25, -0.2) is 4.98 Å². The van der Waals surface area contributed by atoms with E-state index in [0.29, 0.717) is 18.9 Å². The van der Waals surface area contributed by atoms with Crippen LogP contribution in [-0.4, -0.2) is 26.5 Å². The molecule has 1 aliphatic rings. The standard InChI is InChI=1S/C11H13N5O/c12-11-15-8-5-13-4-3-9(8)16(11)6-7-1-2-10(17)14-7/h3-5,7H,1-2,6H2,(H2,12,15)(H,14,17). The second-order valence-electron chi connectivity index (χ2n) is 4.25. The molecule has 1 atom stereocenters. The molecule has 2 aromatic rings. The van der Waals surface area contributed by atoms with Crippen molar-refractivity contribution in [1.29, 1.82) is 0 Å². The first-order valence-corrected chi connectivity index (χ1v) is 5.59. The molecule has 1 unspecified atom stereocenters. The molecule has 0 spiro atoms. The fourth-order valence-corrected chi connectivity index (χ4v) is 2.23. The van der Waals surface area contributed by atoms with E-state index in [0.717, 1.165) is 17.5 Å². The van der Waals surface area contributed by atoms with E-state index in [2.05, 4.69) is 15.3 Å². The van der Waals surface area contributed by atoms with Gasteiger partial charge < -0.3 is 15.6 Å². The monoisotopic (exact) mass is 231 g/mol. The normalized spacial score (nSPS) is 19.8. The van der Waals surface area contributed by atoms with E-state index in [1.54, 1.807) is 12.4 Å². The summed E-state index contributed by atoms with van der Waals surface area (Å²) in [5, 5.41) is 2.93. The number of carbonyl (C=O) groups excluding carboxylic acids is 1. The predicted molar refractivity (Wildman–Crippen MR) is 63.1 cm³/mol. The van der Waals surface area contributed by atoms with Gasteiger partial charge in [0.2, 0.25) is 11.9 Å². The summed E-state index contributed by atoms with van der Waals surface area (Å²) < 4.78 is 1.92. The van der Waals surface area contributed by atoms with Crippen molar-refractivity contribution in [2.45, 2.75) is 25.4 Å². The molecule has 0 bridgehead atoms. The third-order valence-electron chi connectivity index (χ3n) is 3.07. The molecule has 0 radical (unpaired) electrons. The first-order chi connectivity index (χ1) is 8.24. The Labute approximate surface area is 97.8 Å². The molecule has 3 heterocycles. The minimum absolute atomic E-state index is 0.111. The van der Waals surface area contributed by atoms with Gasteiger partial charge in [0.15, 0.2) is 0 Å². The van der Waals surface area contributed by atoms with Crippen molar-refractivity contribution in [2.75, 3.05) is 5.73 Å². The molecular formula is C11H13N5O. The molecule has 17 heavy (non-hydrogen) atoms. The first-order valence-electron chi connectivity index (χ1n) is 5.59. The molecule has 0 saturated carbocycles. The zero-order valence-electron chi connectivity index (χ0n) is 9.26. The maximum atomic E-state index is 11.2. The number of aromatic nitrogens is 3. The number of nitrogens with one attached hydrogen (secondary N) is 1. The van der Waals surface area contributed by atoms with Crippen LogP contribution in [0.5, 0.6) is 0 Å². The van der Waals surface area contributed by atoms with Crippen molar-refractivity contribution in [3.05, 3.63) is 18.5 Å². The van der Waals surface area contributed by atoms with Crippen molar-refractivity contribution in [3.63, 3.8) is 0 Å². The van der Waals surface area contributed by atoms with Crippen molar-refractivity contribution < 1.29 is 4.79 Å². The third kappa shape index (κ3) is 1.71. The fourth-order valence-electron chi connectivity index (χ4n) is 2.23. The second-order valence-corrected chi connectivity index (χ2v) is 4.25. The molecule has 3 N–H and O–H groups in total. The number of fused-ring (bicyclic) bond motifs is 1. The summed E-state index contributed by atoms with van der Waals surface area (Å²) in [5.74, 6) is 0.578. The van der Waals surface area contributed by atoms with E-state index in [1.807, 2.05) is 10.6 Å². The molecule has 88 valence electrons. The van der Waals surface area contributed by atoms with E-state index < -0.39 is 0 Å². The van der Waals surface area contributed by atoms with Crippen molar-refractivity contribution >= 4 is 22.9 Å². The van der Waals surface area contributed by atoms with Gasteiger partial charge in [-0.1, -0.05) is 0 Å². The van der Waals surface area contributed by atoms with Gasteiger partial charge in [0.1, 0.15) is 5.52 Å². The average molecular weight is 231 g/mol. The van der Waals surface area contributed by atoms with Gasteiger partial charge in [0.05, 0.1) is 11.7 Å². The first kappa shape index (κ1) is 10.1. The van der Waals surface area contributed by atoms with Crippen LogP contribution in [0.25, 0.3) is 11.0 Å². The van der Waals surface area contributed by atoms with Gasteiger partial charge in [0, 0.05) is 25.2 Å². The van der Waals surface area contributed by atoms with Crippen LogP contribution in [0.15, 0.2) is 18.5 Å². The van der Waals surface area contributed by atoms with E-state index in [4.69, 9.17) is 5.73 Å². The van der Waals surface area contributed by atoms with Gasteiger partial charge in [-0.2, -0.15) is 0 Å². The highest BCUT2D eigenvalue weighted by Gasteiger charge is 2.22. The molecule has 0 aliphatic carbocycles. The summed E-state index contributed by atoms with van der Waals surface area (Å²) >= 11 is 0. The van der Waals surface area contributed by atoms with E-state index >= 15 is 0 Å². The third-order valence-corrected chi connectivity index (χ3v) is 3.07. The quantitative estimate of drug-likeness (QED) is 0.778. The summed E-state index contributed by atoms with van der Waals surface area (Å²) in [6.45, 7) is 0.665. The van der Waals surface area contributed by atoms with Gasteiger partial charge in [-0.15, -0.1) is 0 Å². The van der Waals surface area contributed by atoms with Crippen LogP contribution in [0.3, 0.4) is 0 Å². The number of nitrogens with two attached hydrogens (primary N) is 1. The number of amides is 1. The van der Waals surface area contributed by atoms with E-state index in [9.17, 15) is 4.79 Å². The fraction of sp³-hybridized carbons (Fsp3) is 0.364. The Bertz CT molecular complexity index is 576. The smallest absolute Gasteiger partial charge is 0.220 e. The maximum Gasteiger partial charge on any atom is 0.220 e. The van der Waals surface area contributed by atoms with Crippen LogP contribution in [0.2, 0.25) is 0 Å². The molecule has 6 nitrogen and oxygen atoms in total. The number of carbonyl (C=O) groups is 1. The molecule has 6 heteroatoms. The highest BCUT2D eigenvalue weighted by Crippen LogP contribution is 2.19. The number of hydrogen-bond donors (Lipinski definition) is 2. The summed E-state index contributed by atoms with van der Waals surface area (Å²) in [5.41, 5.74) is 7.62. The van der Waals surface area contributed by atoms with Crippen molar-refractivity contribution in [2.24, 2.45) is 0 Å². The van der Waals surface area contributed by atoms with Crippen LogP contribution in [0.1, 0.15) is 12.8 Å². The zero-order valence-corrected chi connectivity index (χ0v) is 9.26. The largest absolute Gasteiger partial charge is 0.369 e. The van der Waals surface area contributed by atoms with E-state index in [1.165, 1.54) is 0 Å². The zero-order chi connectivity index (χ0) is 11.8. The molecule has 3 rings (SSSR count). The van der Waals surface area contributed by atoms with Crippen LogP contribution < -0.4 is 11.1 Å². The topological polar surface area (TPSA) is 85.8 Å². The van der Waals surface area contributed by atoms with Crippen LogP contribution in [0.4, 0.5) is 5.95 Å². The molecule has 1 fully saturated rings. The SMILES string of the molecule is Nc1nc2cnccc2n1CC1CCC(=O)N1. The minimum Gasteiger partial charge on any atom is -0.369 e. The number of nitrogen functional groups attached to an aromatic ring is 1. The van der Waals surface area contributed by atoms with Gasteiger partial charge in [-0.3, -0.25) is 9.78 Å². The number of anilines is 1. The second kappa shape index (κ2) is 3.73. The molecule has 1 saturated heterocycles. The molecule has 1 amide bonds.